The van der Waals surface area contributed by atoms with Gasteiger partial charge >= 0.3 is 0 Å². The van der Waals surface area contributed by atoms with Crippen LogP contribution in [0.25, 0.3) is 0 Å². The number of likely N-dealkylation sites (tertiary alicyclic amines) is 1. The molecule has 0 aromatic rings. The Bertz CT molecular complexity index is 410. The van der Waals surface area contributed by atoms with Crippen LogP contribution in [0.4, 0.5) is 0 Å². The minimum absolute atomic E-state index is 0.0272. The number of allylic oxidation sites excluding steroid dienone is 2. The lowest BCUT2D eigenvalue weighted by Gasteiger charge is -2.15. The Hall–Kier alpha value is -1.45. The van der Waals surface area contributed by atoms with Gasteiger partial charge < -0.3 is 0 Å². The van der Waals surface area contributed by atoms with E-state index in [1.807, 2.05) is 0 Å². The van der Waals surface area contributed by atoms with Crippen molar-refractivity contribution in [1.29, 1.82) is 0 Å². The topological polar surface area (TPSA) is 54.5 Å². The molecule has 4 atom stereocenters. The molecule has 1 saturated heterocycles. The molecule has 0 aromatic heterocycles. The Labute approximate surface area is 99.7 Å². The number of carbonyl (C=O) groups is 3. The maximum absolute atomic E-state index is 12.2. The van der Waals surface area contributed by atoms with E-state index in [4.69, 9.17) is 0 Å². The number of amides is 2. The summed E-state index contributed by atoms with van der Waals surface area (Å²) in [5.41, 5.74) is 0. The summed E-state index contributed by atoms with van der Waals surface area (Å²) in [6.07, 6.45) is 5.42. The van der Waals surface area contributed by atoms with E-state index < -0.39 is 0 Å². The second-order valence-electron chi connectivity index (χ2n) is 5.15. The highest BCUT2D eigenvalue weighted by molar-refractivity contribution is 6.08. The second kappa shape index (κ2) is 3.52. The van der Waals surface area contributed by atoms with Crippen LogP contribution in [0.5, 0.6) is 0 Å². The van der Waals surface area contributed by atoms with Crippen molar-refractivity contribution in [2.24, 2.45) is 23.7 Å². The molecule has 4 unspecified atom stereocenters. The van der Waals surface area contributed by atoms with Gasteiger partial charge in [0.15, 0.2) is 5.78 Å². The van der Waals surface area contributed by atoms with Crippen LogP contribution in [-0.2, 0) is 14.4 Å². The van der Waals surface area contributed by atoms with Gasteiger partial charge in [0.05, 0.1) is 18.4 Å². The molecule has 4 heteroatoms. The molecule has 4 nitrogen and oxygen atoms in total. The Morgan fingerprint density at radius 3 is 2.24 bits per heavy atom. The van der Waals surface area contributed by atoms with Crippen molar-refractivity contribution < 1.29 is 14.4 Å². The average Bonchev–Trinajstić information content (AvgIpc) is 2.98. The Morgan fingerprint density at radius 1 is 1.24 bits per heavy atom. The molecule has 0 radical (unpaired) electrons. The van der Waals surface area contributed by atoms with Gasteiger partial charge in [-0.3, -0.25) is 19.3 Å². The van der Waals surface area contributed by atoms with Crippen molar-refractivity contribution in [1.82, 2.24) is 4.90 Å². The van der Waals surface area contributed by atoms with Crippen molar-refractivity contribution in [2.45, 2.75) is 19.8 Å². The summed E-state index contributed by atoms with van der Waals surface area (Å²) in [5.74, 6) is -0.208. The van der Waals surface area contributed by atoms with Crippen LogP contribution in [0.2, 0.25) is 0 Å². The molecule has 3 aliphatic rings. The normalized spacial score (nSPS) is 38.1. The molecular formula is C13H15NO3. The number of nitrogens with zero attached hydrogens (tertiary/aromatic N) is 1. The van der Waals surface area contributed by atoms with E-state index in [9.17, 15) is 14.4 Å². The van der Waals surface area contributed by atoms with Gasteiger partial charge in [0.1, 0.15) is 0 Å². The summed E-state index contributed by atoms with van der Waals surface area (Å²) in [4.78, 5) is 36.9. The fourth-order valence-electron chi connectivity index (χ4n) is 3.41. The van der Waals surface area contributed by atoms with E-state index in [-0.39, 0.29) is 47.8 Å². The largest absolute Gasteiger partial charge is 0.298 e. The SMILES string of the molecule is CCC(=O)CN1C(=O)C2C3C=CC(C3)C2C1=O. The summed E-state index contributed by atoms with van der Waals surface area (Å²) < 4.78 is 0. The van der Waals surface area contributed by atoms with Gasteiger partial charge in [0.25, 0.3) is 0 Å². The summed E-state index contributed by atoms with van der Waals surface area (Å²) in [7, 11) is 0. The van der Waals surface area contributed by atoms with Crippen LogP contribution < -0.4 is 0 Å². The van der Waals surface area contributed by atoms with Crippen LogP contribution in [-0.4, -0.2) is 29.0 Å². The number of rotatable bonds is 3. The first kappa shape index (κ1) is 10.7. The first-order valence-corrected chi connectivity index (χ1v) is 6.18. The van der Waals surface area contributed by atoms with E-state index in [0.29, 0.717) is 6.42 Å². The predicted molar refractivity (Wildman–Crippen MR) is 59.7 cm³/mol. The van der Waals surface area contributed by atoms with Crippen molar-refractivity contribution in [3.8, 4) is 0 Å². The fourth-order valence-corrected chi connectivity index (χ4v) is 3.41. The minimum atomic E-state index is -0.179. The molecular weight excluding hydrogens is 218 g/mol. The lowest BCUT2D eigenvalue weighted by molar-refractivity contribution is -0.143. The molecule has 3 rings (SSSR count). The monoisotopic (exact) mass is 233 g/mol. The lowest BCUT2D eigenvalue weighted by atomic mass is 9.85. The summed E-state index contributed by atoms with van der Waals surface area (Å²) in [6, 6.07) is 0. The quantitative estimate of drug-likeness (QED) is 0.534. The number of Topliss-reactive ketones (excluding diaryl/α,β-unsaturated/α-hetero) is 1. The molecule has 2 aliphatic carbocycles. The molecule has 2 bridgehead atoms. The van der Waals surface area contributed by atoms with Crippen LogP contribution in [0.15, 0.2) is 12.2 Å². The van der Waals surface area contributed by atoms with Gasteiger partial charge in [0.2, 0.25) is 11.8 Å². The zero-order valence-electron chi connectivity index (χ0n) is 9.76. The fraction of sp³-hybridized carbons (Fsp3) is 0.615. The average molecular weight is 233 g/mol. The molecule has 2 amide bonds. The third-order valence-electron chi connectivity index (χ3n) is 4.29. The molecule has 2 fully saturated rings. The molecule has 0 aromatic carbocycles. The summed E-state index contributed by atoms with van der Waals surface area (Å²) in [6.45, 7) is 1.72. The van der Waals surface area contributed by atoms with Gasteiger partial charge in [-0.25, -0.2) is 0 Å². The number of hydrogen-bond donors (Lipinski definition) is 0. The molecule has 1 heterocycles. The smallest absolute Gasteiger partial charge is 0.234 e. The number of hydrogen-bond acceptors (Lipinski definition) is 3. The van der Waals surface area contributed by atoms with Gasteiger partial charge in [-0.05, 0) is 18.3 Å². The van der Waals surface area contributed by atoms with Gasteiger partial charge in [0, 0.05) is 6.42 Å². The van der Waals surface area contributed by atoms with Crippen molar-refractivity contribution in [2.75, 3.05) is 6.54 Å². The summed E-state index contributed by atoms with van der Waals surface area (Å²) >= 11 is 0. The van der Waals surface area contributed by atoms with Crippen molar-refractivity contribution in [3.63, 3.8) is 0 Å². The van der Waals surface area contributed by atoms with Crippen molar-refractivity contribution in [3.05, 3.63) is 12.2 Å². The highest BCUT2D eigenvalue weighted by Crippen LogP contribution is 2.52. The molecule has 1 saturated carbocycles. The van der Waals surface area contributed by atoms with Crippen LogP contribution >= 0.6 is 0 Å². The first-order chi connectivity index (χ1) is 8.13. The first-order valence-electron chi connectivity index (χ1n) is 6.18. The number of ketones is 1. The van der Waals surface area contributed by atoms with Crippen LogP contribution in [0.3, 0.4) is 0 Å². The number of carbonyl (C=O) groups excluding carboxylic acids is 3. The zero-order valence-corrected chi connectivity index (χ0v) is 9.76. The van der Waals surface area contributed by atoms with Gasteiger partial charge in [-0.1, -0.05) is 19.1 Å². The number of imide groups is 1. The van der Waals surface area contributed by atoms with E-state index in [1.54, 1.807) is 6.92 Å². The standard InChI is InChI=1S/C13H15NO3/c1-2-9(15)6-14-12(16)10-7-3-4-8(5-7)11(10)13(14)17/h3-4,7-8,10-11H,2,5-6H2,1H3. The lowest BCUT2D eigenvalue weighted by Crippen LogP contribution is -2.37. The molecule has 0 spiro atoms. The molecule has 17 heavy (non-hydrogen) atoms. The summed E-state index contributed by atoms with van der Waals surface area (Å²) in [5, 5.41) is 0. The Balaban J connectivity index is 1.85. The van der Waals surface area contributed by atoms with E-state index in [1.165, 1.54) is 4.90 Å². The highest BCUT2D eigenvalue weighted by atomic mass is 16.2. The van der Waals surface area contributed by atoms with Crippen LogP contribution in [0, 0.1) is 23.7 Å². The maximum atomic E-state index is 12.2. The van der Waals surface area contributed by atoms with Crippen molar-refractivity contribution >= 4 is 17.6 Å². The number of fused-ring (bicyclic) bond motifs is 5. The van der Waals surface area contributed by atoms with Gasteiger partial charge in [-0.15, -0.1) is 0 Å². The molecule has 0 N–H and O–H groups in total. The van der Waals surface area contributed by atoms with E-state index in [0.717, 1.165) is 6.42 Å². The second-order valence-corrected chi connectivity index (χ2v) is 5.15. The van der Waals surface area contributed by atoms with E-state index >= 15 is 0 Å². The van der Waals surface area contributed by atoms with E-state index in [2.05, 4.69) is 12.2 Å². The Kier molecular flexibility index (Phi) is 2.21. The maximum Gasteiger partial charge on any atom is 0.234 e. The molecule has 1 aliphatic heterocycles. The van der Waals surface area contributed by atoms with Gasteiger partial charge in [-0.2, -0.15) is 0 Å². The van der Waals surface area contributed by atoms with Crippen LogP contribution in [0.1, 0.15) is 19.8 Å². The Morgan fingerprint density at radius 2 is 1.76 bits per heavy atom. The third kappa shape index (κ3) is 1.33. The minimum Gasteiger partial charge on any atom is -0.298 e. The third-order valence-corrected chi connectivity index (χ3v) is 4.29. The predicted octanol–water partition coefficient (Wildman–Crippen LogP) is 0.773. The highest BCUT2D eigenvalue weighted by Gasteiger charge is 2.59. The molecule has 90 valence electrons. The zero-order chi connectivity index (χ0) is 12.2.